The first-order valence-corrected chi connectivity index (χ1v) is 8.95. The van der Waals surface area contributed by atoms with Crippen LogP contribution < -0.4 is 4.74 Å². The fourth-order valence-corrected chi connectivity index (χ4v) is 4.04. The lowest BCUT2D eigenvalue weighted by atomic mass is 9.97. The summed E-state index contributed by atoms with van der Waals surface area (Å²) in [4.78, 5) is 14.6. The molecule has 0 aliphatic heterocycles. The van der Waals surface area contributed by atoms with Crippen LogP contribution >= 0.6 is 0 Å². The first-order valence-electron chi connectivity index (χ1n) is 8.95. The maximum absolute atomic E-state index is 12.7. The van der Waals surface area contributed by atoms with Gasteiger partial charge in [-0.15, -0.1) is 0 Å². The normalized spacial score (nSPS) is 15.8. The van der Waals surface area contributed by atoms with Crippen molar-refractivity contribution in [2.24, 2.45) is 0 Å². The second-order valence-corrected chi connectivity index (χ2v) is 7.15. The predicted molar refractivity (Wildman–Crippen MR) is 101 cm³/mol. The lowest BCUT2D eigenvalue weighted by Crippen LogP contribution is -2.27. The summed E-state index contributed by atoms with van der Waals surface area (Å²) >= 11 is 0. The van der Waals surface area contributed by atoms with Gasteiger partial charge in [0.2, 0.25) is 5.91 Å². The van der Waals surface area contributed by atoms with E-state index in [1.54, 1.807) is 7.11 Å². The van der Waals surface area contributed by atoms with E-state index in [2.05, 4.69) is 36.4 Å². The molecule has 1 aliphatic rings. The molecule has 0 saturated heterocycles. The molecule has 3 heteroatoms. The molecule has 0 bridgehead atoms. The van der Waals surface area contributed by atoms with Gasteiger partial charge in [0.25, 0.3) is 0 Å². The first-order chi connectivity index (χ1) is 12.0. The van der Waals surface area contributed by atoms with Crippen molar-refractivity contribution in [3.63, 3.8) is 0 Å². The van der Waals surface area contributed by atoms with Crippen LogP contribution in [0.3, 0.4) is 0 Å². The van der Waals surface area contributed by atoms with E-state index in [4.69, 9.17) is 4.74 Å². The average Bonchev–Trinajstić information content (AvgIpc) is 2.98. The summed E-state index contributed by atoms with van der Waals surface area (Å²) < 4.78 is 5.42. The molecule has 1 unspecified atom stereocenters. The molecule has 2 aromatic carbocycles. The number of amides is 1. The van der Waals surface area contributed by atoms with E-state index in [1.807, 2.05) is 25.8 Å². The first kappa shape index (κ1) is 17.5. The third kappa shape index (κ3) is 3.71. The summed E-state index contributed by atoms with van der Waals surface area (Å²) in [5.41, 5.74) is 6.15. The Morgan fingerprint density at radius 2 is 1.88 bits per heavy atom. The van der Waals surface area contributed by atoms with Gasteiger partial charge in [0.15, 0.2) is 0 Å². The molecule has 0 saturated carbocycles. The number of carbonyl (C=O) groups excluding carboxylic acids is 1. The number of rotatable bonds is 5. The fraction of sp³-hybridized carbons (Fsp3) is 0.409. The summed E-state index contributed by atoms with van der Waals surface area (Å²) in [6, 6.07) is 12.8. The Labute approximate surface area is 150 Å². The van der Waals surface area contributed by atoms with Gasteiger partial charge < -0.3 is 9.64 Å². The zero-order valence-corrected chi connectivity index (χ0v) is 15.6. The number of fused-ring (bicyclic) bond motifs is 1. The number of ether oxygens (including phenoxy) is 1. The predicted octanol–water partition coefficient (Wildman–Crippen LogP) is 4.39. The van der Waals surface area contributed by atoms with E-state index in [-0.39, 0.29) is 5.91 Å². The third-order valence-electron chi connectivity index (χ3n) is 5.25. The van der Waals surface area contributed by atoms with E-state index < -0.39 is 0 Å². The van der Waals surface area contributed by atoms with E-state index in [1.165, 1.54) is 11.1 Å². The highest BCUT2D eigenvalue weighted by Crippen LogP contribution is 2.35. The molecule has 0 spiro atoms. The van der Waals surface area contributed by atoms with Crippen molar-refractivity contribution in [3.05, 3.63) is 64.2 Å². The van der Waals surface area contributed by atoms with Gasteiger partial charge in [-0.1, -0.05) is 36.4 Å². The zero-order valence-electron chi connectivity index (χ0n) is 15.6. The van der Waals surface area contributed by atoms with Crippen LogP contribution in [0.15, 0.2) is 36.4 Å². The van der Waals surface area contributed by atoms with E-state index in [0.29, 0.717) is 18.9 Å². The Balaban J connectivity index is 1.66. The Morgan fingerprint density at radius 3 is 2.56 bits per heavy atom. The van der Waals surface area contributed by atoms with Crippen molar-refractivity contribution in [1.29, 1.82) is 0 Å². The molecular weight excluding hydrogens is 310 g/mol. The minimum Gasteiger partial charge on any atom is -0.496 e. The lowest BCUT2D eigenvalue weighted by Gasteiger charge is -2.21. The number of aryl methyl sites for hydroxylation is 3. The molecule has 25 heavy (non-hydrogen) atoms. The monoisotopic (exact) mass is 337 g/mol. The Hall–Kier alpha value is -2.29. The molecule has 1 aliphatic carbocycles. The fourth-order valence-electron chi connectivity index (χ4n) is 4.04. The van der Waals surface area contributed by atoms with Gasteiger partial charge in [-0.3, -0.25) is 4.79 Å². The van der Waals surface area contributed by atoms with Crippen molar-refractivity contribution in [1.82, 2.24) is 4.90 Å². The number of hydrogen-bond acceptors (Lipinski definition) is 2. The molecule has 0 N–H and O–H groups in total. The topological polar surface area (TPSA) is 29.5 Å². The molecule has 0 radical (unpaired) electrons. The lowest BCUT2D eigenvalue weighted by molar-refractivity contribution is -0.130. The summed E-state index contributed by atoms with van der Waals surface area (Å²) in [6.45, 7) is 4.73. The highest BCUT2D eigenvalue weighted by atomic mass is 16.5. The quantitative estimate of drug-likeness (QED) is 0.810. The highest BCUT2D eigenvalue weighted by Gasteiger charge is 2.25. The summed E-state index contributed by atoms with van der Waals surface area (Å²) in [7, 11) is 3.60. The average molecular weight is 337 g/mol. The molecule has 0 heterocycles. The van der Waals surface area contributed by atoms with Gasteiger partial charge in [0.1, 0.15) is 5.75 Å². The van der Waals surface area contributed by atoms with Gasteiger partial charge in [-0.2, -0.15) is 0 Å². The third-order valence-corrected chi connectivity index (χ3v) is 5.25. The molecule has 0 fully saturated rings. The molecule has 1 amide bonds. The smallest absolute Gasteiger partial charge is 0.223 e. The standard InChI is InChI=1S/C22H27NO2/c1-15-11-17(12-16(2)22(15)25-4)14-23(3)21(24)13-19-10-9-18-7-5-6-8-20(18)19/h5-8,11-12,19H,9-10,13-14H2,1-4H3. The molecule has 3 nitrogen and oxygen atoms in total. The van der Waals surface area contributed by atoms with Gasteiger partial charge in [0, 0.05) is 20.0 Å². The molecule has 3 rings (SSSR count). The van der Waals surface area contributed by atoms with Crippen molar-refractivity contribution in [3.8, 4) is 5.75 Å². The van der Waals surface area contributed by atoms with Crippen LogP contribution in [0.1, 0.15) is 46.6 Å². The van der Waals surface area contributed by atoms with Crippen LogP contribution in [0, 0.1) is 13.8 Å². The largest absolute Gasteiger partial charge is 0.496 e. The Bertz CT molecular complexity index is 758. The summed E-state index contributed by atoms with van der Waals surface area (Å²) in [5.74, 6) is 1.51. The molecular formula is C22H27NO2. The van der Waals surface area contributed by atoms with Gasteiger partial charge in [0.05, 0.1) is 7.11 Å². The van der Waals surface area contributed by atoms with Crippen LogP contribution in [0.5, 0.6) is 5.75 Å². The van der Waals surface area contributed by atoms with Gasteiger partial charge >= 0.3 is 0 Å². The van der Waals surface area contributed by atoms with Crippen molar-refractivity contribution in [2.75, 3.05) is 14.2 Å². The maximum Gasteiger partial charge on any atom is 0.223 e. The molecule has 1 atom stereocenters. The van der Waals surface area contributed by atoms with E-state index >= 15 is 0 Å². The van der Waals surface area contributed by atoms with Crippen LogP contribution in [-0.2, 0) is 17.8 Å². The maximum atomic E-state index is 12.7. The number of hydrogen-bond donors (Lipinski definition) is 0. The molecule has 132 valence electrons. The van der Waals surface area contributed by atoms with E-state index in [0.717, 1.165) is 35.3 Å². The molecule has 2 aromatic rings. The summed E-state index contributed by atoms with van der Waals surface area (Å²) in [5, 5.41) is 0. The minimum absolute atomic E-state index is 0.216. The van der Waals surface area contributed by atoms with Crippen molar-refractivity contribution < 1.29 is 9.53 Å². The van der Waals surface area contributed by atoms with Crippen molar-refractivity contribution >= 4 is 5.91 Å². The SMILES string of the molecule is COc1c(C)cc(CN(C)C(=O)CC2CCc3ccccc32)cc1C. The Kier molecular flexibility index (Phi) is 5.12. The van der Waals surface area contributed by atoms with Crippen LogP contribution in [0.4, 0.5) is 0 Å². The number of carbonyl (C=O) groups is 1. The molecule has 0 aromatic heterocycles. The minimum atomic E-state index is 0.216. The number of methoxy groups -OCH3 is 1. The summed E-state index contributed by atoms with van der Waals surface area (Å²) in [6.07, 6.45) is 2.77. The Morgan fingerprint density at radius 1 is 1.20 bits per heavy atom. The van der Waals surface area contributed by atoms with Gasteiger partial charge in [-0.25, -0.2) is 0 Å². The van der Waals surface area contributed by atoms with Gasteiger partial charge in [-0.05, 0) is 60.4 Å². The van der Waals surface area contributed by atoms with Crippen molar-refractivity contribution in [2.45, 2.75) is 45.6 Å². The van der Waals surface area contributed by atoms with E-state index in [9.17, 15) is 4.79 Å². The van der Waals surface area contributed by atoms with Crippen LogP contribution in [0.2, 0.25) is 0 Å². The number of benzene rings is 2. The second-order valence-electron chi connectivity index (χ2n) is 7.15. The van der Waals surface area contributed by atoms with Crippen LogP contribution in [-0.4, -0.2) is 25.0 Å². The van der Waals surface area contributed by atoms with Crippen LogP contribution in [0.25, 0.3) is 0 Å². The second kappa shape index (κ2) is 7.30. The zero-order chi connectivity index (χ0) is 18.0. The number of nitrogens with zero attached hydrogens (tertiary/aromatic N) is 1. The highest BCUT2D eigenvalue weighted by molar-refractivity contribution is 5.77.